The smallest absolute Gasteiger partial charge is 0.226 e. The van der Waals surface area contributed by atoms with Crippen LogP contribution in [0.4, 0.5) is 5.69 Å². The van der Waals surface area contributed by atoms with Gasteiger partial charge in [0.25, 0.3) is 0 Å². The average molecular weight is 486 g/mol. The van der Waals surface area contributed by atoms with Gasteiger partial charge in [0.2, 0.25) is 5.91 Å². The molecule has 1 amide bonds. The summed E-state index contributed by atoms with van der Waals surface area (Å²) in [7, 11) is 0. The van der Waals surface area contributed by atoms with Gasteiger partial charge in [0.15, 0.2) is 16.8 Å². The normalized spacial score (nSPS) is 11.9. The molecular weight excluding hydrogens is 458 g/mol. The van der Waals surface area contributed by atoms with E-state index in [0.717, 1.165) is 16.8 Å². The van der Waals surface area contributed by atoms with Gasteiger partial charge in [-0.05, 0) is 61.9 Å². The summed E-state index contributed by atoms with van der Waals surface area (Å²) in [5.41, 5.74) is 4.09. The molecule has 1 atom stereocenters. The van der Waals surface area contributed by atoms with E-state index in [2.05, 4.69) is 20.5 Å². The van der Waals surface area contributed by atoms with Gasteiger partial charge in [0, 0.05) is 35.1 Å². The van der Waals surface area contributed by atoms with Crippen LogP contribution in [0.25, 0.3) is 17.1 Å². The van der Waals surface area contributed by atoms with Gasteiger partial charge in [-0.15, -0.1) is 10.2 Å². The number of amides is 1. The lowest BCUT2D eigenvalue weighted by Crippen LogP contribution is -2.18. The van der Waals surface area contributed by atoms with Crippen LogP contribution in [0.5, 0.6) is 0 Å². The van der Waals surface area contributed by atoms with Crippen LogP contribution in [0.3, 0.4) is 0 Å². The molecule has 0 bridgehead atoms. The predicted octanol–water partition coefficient (Wildman–Crippen LogP) is 5.60. The lowest BCUT2D eigenvalue weighted by Gasteiger charge is -2.15. The Kier molecular flexibility index (Phi) is 7.41. The van der Waals surface area contributed by atoms with Crippen molar-refractivity contribution in [3.05, 3.63) is 84.2 Å². The number of aromatic nitrogens is 4. The molecule has 8 heteroatoms. The van der Waals surface area contributed by atoms with E-state index in [1.54, 1.807) is 36.7 Å². The van der Waals surface area contributed by atoms with Crippen molar-refractivity contribution in [3.63, 3.8) is 0 Å². The Morgan fingerprint density at radius 1 is 0.943 bits per heavy atom. The number of rotatable bonds is 8. The standard InChI is InChI=1S/C27H27N5O2S/c1-17(2)26(34)29-22-13-11-20(12-14-22)24(33)19(4)35-27-31-30-25(21-9-7-15-28-16-21)32(27)23-10-6-5-8-18(23)3/h5-17,19H,1-4H3,(H,29,34). The zero-order chi connectivity index (χ0) is 24.9. The van der Waals surface area contributed by atoms with Gasteiger partial charge in [0.05, 0.1) is 10.9 Å². The number of anilines is 1. The van der Waals surface area contributed by atoms with Gasteiger partial charge in [-0.25, -0.2) is 0 Å². The van der Waals surface area contributed by atoms with Crippen molar-refractivity contribution in [2.24, 2.45) is 5.92 Å². The van der Waals surface area contributed by atoms with E-state index in [4.69, 9.17) is 0 Å². The summed E-state index contributed by atoms with van der Waals surface area (Å²) in [6.45, 7) is 7.57. The second kappa shape index (κ2) is 10.7. The Morgan fingerprint density at radius 3 is 2.34 bits per heavy atom. The summed E-state index contributed by atoms with van der Waals surface area (Å²) in [6.07, 6.45) is 3.47. The second-order valence-corrected chi connectivity index (χ2v) is 9.82. The minimum absolute atomic E-state index is 0.0287. The number of benzene rings is 2. The summed E-state index contributed by atoms with van der Waals surface area (Å²) in [5.74, 6) is 0.460. The maximum atomic E-state index is 13.2. The van der Waals surface area contributed by atoms with Gasteiger partial charge in [-0.1, -0.05) is 43.8 Å². The second-order valence-electron chi connectivity index (χ2n) is 8.52. The maximum absolute atomic E-state index is 13.2. The molecule has 2 aromatic heterocycles. The quantitative estimate of drug-likeness (QED) is 0.258. The summed E-state index contributed by atoms with van der Waals surface area (Å²) in [4.78, 5) is 29.3. The Balaban J connectivity index is 1.60. The largest absolute Gasteiger partial charge is 0.326 e. The molecule has 0 radical (unpaired) electrons. The number of nitrogens with zero attached hydrogens (tertiary/aromatic N) is 4. The van der Waals surface area contributed by atoms with Crippen molar-refractivity contribution >= 4 is 29.1 Å². The fourth-order valence-electron chi connectivity index (χ4n) is 3.51. The monoisotopic (exact) mass is 485 g/mol. The number of hydrogen-bond acceptors (Lipinski definition) is 6. The van der Waals surface area contributed by atoms with Gasteiger partial charge in [0.1, 0.15) is 0 Å². The fourth-order valence-corrected chi connectivity index (χ4v) is 4.45. The van der Waals surface area contributed by atoms with Crippen LogP contribution in [0.2, 0.25) is 0 Å². The molecule has 0 saturated carbocycles. The molecule has 4 rings (SSSR count). The van der Waals surface area contributed by atoms with Crippen LogP contribution in [-0.2, 0) is 4.79 Å². The van der Waals surface area contributed by atoms with Crippen LogP contribution in [0, 0.1) is 12.8 Å². The molecule has 2 aromatic carbocycles. The third-order valence-electron chi connectivity index (χ3n) is 5.52. The number of thioether (sulfide) groups is 1. The Morgan fingerprint density at radius 2 is 1.69 bits per heavy atom. The van der Waals surface area contributed by atoms with Crippen molar-refractivity contribution in [3.8, 4) is 17.1 Å². The molecule has 2 heterocycles. The predicted molar refractivity (Wildman–Crippen MR) is 139 cm³/mol. The molecule has 0 spiro atoms. The van der Waals surface area contributed by atoms with Gasteiger partial charge >= 0.3 is 0 Å². The first-order chi connectivity index (χ1) is 16.8. The van der Waals surface area contributed by atoms with Crippen molar-refractivity contribution in [2.75, 3.05) is 5.32 Å². The van der Waals surface area contributed by atoms with E-state index in [9.17, 15) is 9.59 Å². The molecule has 7 nitrogen and oxygen atoms in total. The van der Waals surface area contributed by atoms with E-state index >= 15 is 0 Å². The fraction of sp³-hybridized carbons (Fsp3) is 0.222. The van der Waals surface area contributed by atoms with Crippen LogP contribution in [-0.4, -0.2) is 36.7 Å². The van der Waals surface area contributed by atoms with Crippen molar-refractivity contribution < 1.29 is 9.59 Å². The third-order valence-corrected chi connectivity index (χ3v) is 6.56. The Labute approximate surface area is 209 Å². The first-order valence-electron chi connectivity index (χ1n) is 11.4. The summed E-state index contributed by atoms with van der Waals surface area (Å²) in [5, 5.41) is 11.9. The lowest BCUT2D eigenvalue weighted by atomic mass is 10.1. The highest BCUT2D eigenvalue weighted by molar-refractivity contribution is 8.00. The van der Waals surface area contributed by atoms with E-state index < -0.39 is 5.25 Å². The van der Waals surface area contributed by atoms with E-state index in [0.29, 0.717) is 22.2 Å². The SMILES string of the molecule is Cc1ccccc1-n1c(SC(C)C(=O)c2ccc(NC(=O)C(C)C)cc2)nnc1-c1cccnc1. The molecule has 1 unspecified atom stereocenters. The third kappa shape index (κ3) is 5.49. The average Bonchev–Trinajstić information content (AvgIpc) is 3.28. The van der Waals surface area contributed by atoms with Gasteiger partial charge in [-0.2, -0.15) is 0 Å². The number of nitrogens with one attached hydrogen (secondary N) is 1. The highest BCUT2D eigenvalue weighted by Gasteiger charge is 2.23. The highest BCUT2D eigenvalue weighted by Crippen LogP contribution is 2.32. The summed E-state index contributed by atoms with van der Waals surface area (Å²) >= 11 is 1.36. The van der Waals surface area contributed by atoms with Crippen molar-refractivity contribution in [2.45, 2.75) is 38.1 Å². The van der Waals surface area contributed by atoms with E-state index in [1.165, 1.54) is 11.8 Å². The zero-order valence-electron chi connectivity index (χ0n) is 20.1. The van der Waals surface area contributed by atoms with Crippen LogP contribution >= 0.6 is 11.8 Å². The molecule has 178 valence electrons. The Bertz CT molecular complexity index is 1330. The number of pyridine rings is 1. The molecule has 0 saturated heterocycles. The van der Waals surface area contributed by atoms with Gasteiger partial charge in [-0.3, -0.25) is 19.1 Å². The van der Waals surface area contributed by atoms with Gasteiger partial charge < -0.3 is 5.32 Å². The Hall–Kier alpha value is -3.78. The topological polar surface area (TPSA) is 89.8 Å². The molecule has 35 heavy (non-hydrogen) atoms. The number of aryl methyl sites for hydroxylation is 1. The summed E-state index contributed by atoms with van der Waals surface area (Å²) in [6, 6.07) is 18.8. The molecule has 0 fully saturated rings. The molecule has 0 aliphatic carbocycles. The van der Waals surface area contributed by atoms with E-state index in [1.807, 2.05) is 68.7 Å². The van der Waals surface area contributed by atoms with Crippen LogP contribution in [0.15, 0.2) is 78.2 Å². The van der Waals surface area contributed by atoms with Crippen LogP contribution < -0.4 is 5.32 Å². The molecule has 1 N–H and O–H groups in total. The maximum Gasteiger partial charge on any atom is 0.226 e. The molecule has 0 aliphatic rings. The minimum atomic E-state index is -0.403. The number of Topliss-reactive ketones (excluding diaryl/α,β-unsaturated/α-hetero) is 1. The van der Waals surface area contributed by atoms with E-state index in [-0.39, 0.29) is 17.6 Å². The number of hydrogen-bond donors (Lipinski definition) is 1. The zero-order valence-corrected chi connectivity index (χ0v) is 20.9. The minimum Gasteiger partial charge on any atom is -0.326 e. The number of para-hydroxylation sites is 1. The number of carbonyl (C=O) groups excluding carboxylic acids is 2. The highest BCUT2D eigenvalue weighted by atomic mass is 32.2. The first kappa shape index (κ1) is 24.3. The summed E-state index contributed by atoms with van der Waals surface area (Å²) < 4.78 is 1.98. The lowest BCUT2D eigenvalue weighted by molar-refractivity contribution is -0.118. The number of carbonyl (C=O) groups is 2. The number of ketones is 1. The first-order valence-corrected chi connectivity index (χ1v) is 12.3. The van der Waals surface area contributed by atoms with Crippen LogP contribution in [0.1, 0.15) is 36.7 Å². The molecule has 4 aromatic rings. The molecule has 0 aliphatic heterocycles. The van der Waals surface area contributed by atoms with Crippen molar-refractivity contribution in [1.82, 2.24) is 19.7 Å². The molecular formula is C27H27N5O2S. The van der Waals surface area contributed by atoms with Crippen molar-refractivity contribution in [1.29, 1.82) is 0 Å².